The molecule has 0 N–H and O–H groups in total. The lowest BCUT2D eigenvalue weighted by molar-refractivity contribution is 0.306. The third-order valence-corrected chi connectivity index (χ3v) is 6.69. The minimum Gasteiger partial charge on any atom is -0.489 e. The van der Waals surface area contributed by atoms with Crippen LogP contribution in [0.5, 0.6) is 5.75 Å². The Balaban J connectivity index is 1.63. The lowest BCUT2D eigenvalue weighted by Crippen LogP contribution is -2.23. The maximum atomic E-state index is 13.3. The summed E-state index contributed by atoms with van der Waals surface area (Å²) in [5, 5.41) is 6.02. The van der Waals surface area contributed by atoms with E-state index in [1.54, 1.807) is 24.4 Å². The molecule has 4 aromatic rings. The van der Waals surface area contributed by atoms with Gasteiger partial charge in [-0.2, -0.15) is 9.78 Å². The number of ether oxygens (including phenoxy) is 1. The van der Waals surface area contributed by atoms with E-state index >= 15 is 0 Å². The molecule has 0 aliphatic carbocycles. The Hall–Kier alpha value is -2.67. The first-order chi connectivity index (χ1) is 16.4. The zero-order valence-corrected chi connectivity index (χ0v) is 21.7. The molecule has 0 aliphatic heterocycles. The molecule has 1 atom stereocenters. The number of benzene rings is 3. The Labute approximate surface area is 216 Å². The van der Waals surface area contributed by atoms with E-state index in [1.807, 2.05) is 49.4 Å². The number of halogens is 3. The highest BCUT2D eigenvalue weighted by molar-refractivity contribution is 9.10. The Bertz CT molecular complexity index is 1440. The number of aromatic nitrogens is 2. The van der Waals surface area contributed by atoms with Crippen molar-refractivity contribution < 1.29 is 4.74 Å². The Morgan fingerprint density at radius 3 is 2.71 bits per heavy atom. The van der Waals surface area contributed by atoms with Crippen molar-refractivity contribution in [2.45, 2.75) is 32.8 Å². The molecule has 0 saturated carbocycles. The van der Waals surface area contributed by atoms with Gasteiger partial charge in [-0.05, 0) is 60.0 Å². The summed E-state index contributed by atoms with van der Waals surface area (Å²) in [5.41, 5.74) is 2.16. The van der Waals surface area contributed by atoms with Crippen LogP contribution in [0.3, 0.4) is 0 Å². The molecule has 0 unspecified atom stereocenters. The molecule has 1 heterocycles. The molecule has 3 aromatic carbocycles. The quantitative estimate of drug-likeness (QED) is 0.221. The van der Waals surface area contributed by atoms with Crippen LogP contribution in [0.25, 0.3) is 10.9 Å². The van der Waals surface area contributed by atoms with Crippen molar-refractivity contribution in [3.05, 3.63) is 102 Å². The molecule has 5 nitrogen and oxygen atoms in total. The summed E-state index contributed by atoms with van der Waals surface area (Å²) in [6.45, 7) is 4.44. The third-order valence-electron chi connectivity index (χ3n) is 5.46. The molecule has 0 amide bonds. The van der Waals surface area contributed by atoms with Crippen LogP contribution in [-0.2, 0) is 6.61 Å². The maximum Gasteiger partial charge on any atom is 0.282 e. The molecule has 8 heteroatoms. The molecule has 0 saturated heterocycles. The highest BCUT2D eigenvalue weighted by atomic mass is 79.9. The van der Waals surface area contributed by atoms with E-state index in [0.717, 1.165) is 22.0 Å². The van der Waals surface area contributed by atoms with Crippen molar-refractivity contribution >= 4 is 56.2 Å². The second-order valence-corrected chi connectivity index (χ2v) is 9.64. The fourth-order valence-corrected chi connectivity index (χ4v) is 4.07. The van der Waals surface area contributed by atoms with Gasteiger partial charge in [0.25, 0.3) is 5.56 Å². The van der Waals surface area contributed by atoms with Crippen molar-refractivity contribution in [1.82, 2.24) is 9.66 Å². The van der Waals surface area contributed by atoms with Gasteiger partial charge in [-0.15, -0.1) is 0 Å². The van der Waals surface area contributed by atoms with Crippen LogP contribution in [0, 0.1) is 0 Å². The van der Waals surface area contributed by atoms with Crippen LogP contribution >= 0.6 is 39.1 Å². The minimum atomic E-state index is -0.204. The van der Waals surface area contributed by atoms with E-state index in [2.05, 4.69) is 28.0 Å². The molecule has 4 rings (SSSR count). The average molecular weight is 559 g/mol. The van der Waals surface area contributed by atoms with Crippen molar-refractivity contribution in [2.24, 2.45) is 5.10 Å². The molecule has 0 fully saturated rings. The number of nitrogens with zero attached hydrogens (tertiary/aromatic N) is 3. The van der Waals surface area contributed by atoms with Gasteiger partial charge in [-0.25, -0.2) is 4.98 Å². The summed E-state index contributed by atoms with van der Waals surface area (Å²) in [7, 11) is 0. The van der Waals surface area contributed by atoms with Gasteiger partial charge in [0.05, 0.1) is 27.2 Å². The van der Waals surface area contributed by atoms with Crippen LogP contribution in [0.4, 0.5) is 0 Å². The topological polar surface area (TPSA) is 56.5 Å². The van der Waals surface area contributed by atoms with Crippen LogP contribution in [0.15, 0.2) is 75.0 Å². The second-order valence-electron chi connectivity index (χ2n) is 7.91. The van der Waals surface area contributed by atoms with Crippen molar-refractivity contribution in [3.8, 4) is 5.75 Å². The van der Waals surface area contributed by atoms with E-state index in [1.165, 1.54) is 4.68 Å². The SMILES string of the molecule is CC[C@H](C)c1nc2ccc(Br)cc2c(=O)n1N=Cc1cccc(OCc2ccc(Cl)c(Cl)c2)c1. The predicted octanol–water partition coefficient (Wildman–Crippen LogP) is 7.44. The number of hydrogen-bond acceptors (Lipinski definition) is 4. The first-order valence-corrected chi connectivity index (χ1v) is 12.3. The maximum absolute atomic E-state index is 13.3. The largest absolute Gasteiger partial charge is 0.489 e. The van der Waals surface area contributed by atoms with Gasteiger partial charge in [-0.3, -0.25) is 4.79 Å². The molecule has 174 valence electrons. The van der Waals surface area contributed by atoms with E-state index in [9.17, 15) is 4.79 Å². The molecule has 0 bridgehead atoms. The van der Waals surface area contributed by atoms with Gasteiger partial charge in [-0.1, -0.05) is 71.2 Å². The number of fused-ring (bicyclic) bond motifs is 1. The van der Waals surface area contributed by atoms with E-state index in [0.29, 0.717) is 39.1 Å². The molecule has 0 aliphatic rings. The number of hydrogen-bond donors (Lipinski definition) is 0. The van der Waals surface area contributed by atoms with Gasteiger partial charge >= 0.3 is 0 Å². The zero-order valence-electron chi connectivity index (χ0n) is 18.6. The number of rotatable bonds is 7. The van der Waals surface area contributed by atoms with Gasteiger partial charge < -0.3 is 4.74 Å². The Morgan fingerprint density at radius 1 is 1.12 bits per heavy atom. The molecular formula is C26H22BrCl2N3O2. The van der Waals surface area contributed by atoms with Gasteiger partial charge in [0.15, 0.2) is 0 Å². The van der Waals surface area contributed by atoms with E-state index in [-0.39, 0.29) is 11.5 Å². The van der Waals surface area contributed by atoms with E-state index in [4.69, 9.17) is 32.9 Å². The van der Waals surface area contributed by atoms with Crippen molar-refractivity contribution in [3.63, 3.8) is 0 Å². The summed E-state index contributed by atoms with van der Waals surface area (Å²) < 4.78 is 8.12. The monoisotopic (exact) mass is 557 g/mol. The van der Waals surface area contributed by atoms with Gasteiger partial charge in [0.2, 0.25) is 0 Å². The summed E-state index contributed by atoms with van der Waals surface area (Å²) in [6.07, 6.45) is 2.48. The standard InChI is InChI=1S/C26H22BrCl2N3O2/c1-3-16(2)25-31-24-10-8-19(27)13-21(24)26(33)32(25)30-14-17-5-4-6-20(11-17)34-15-18-7-9-22(28)23(29)12-18/h4-14,16H,3,15H2,1-2H3/t16-/m0/s1. The smallest absolute Gasteiger partial charge is 0.282 e. The van der Waals surface area contributed by atoms with Gasteiger partial charge in [0.1, 0.15) is 18.2 Å². The van der Waals surface area contributed by atoms with Crippen LogP contribution < -0.4 is 10.3 Å². The summed E-state index contributed by atoms with van der Waals surface area (Å²) in [6, 6.07) is 18.4. The summed E-state index contributed by atoms with van der Waals surface area (Å²) in [4.78, 5) is 18.0. The lowest BCUT2D eigenvalue weighted by atomic mass is 10.1. The fourth-order valence-electron chi connectivity index (χ4n) is 3.38. The fraction of sp³-hybridized carbons (Fsp3) is 0.192. The van der Waals surface area contributed by atoms with Crippen molar-refractivity contribution in [2.75, 3.05) is 0 Å². The summed E-state index contributed by atoms with van der Waals surface area (Å²) in [5.74, 6) is 1.37. The molecule has 0 radical (unpaired) electrons. The molecular weight excluding hydrogens is 537 g/mol. The zero-order chi connectivity index (χ0) is 24.2. The second kappa shape index (κ2) is 10.7. The molecule has 34 heavy (non-hydrogen) atoms. The first kappa shape index (κ1) is 24.5. The Morgan fingerprint density at radius 2 is 1.94 bits per heavy atom. The average Bonchev–Trinajstić information content (AvgIpc) is 2.84. The first-order valence-electron chi connectivity index (χ1n) is 10.8. The summed E-state index contributed by atoms with van der Waals surface area (Å²) >= 11 is 15.5. The van der Waals surface area contributed by atoms with E-state index < -0.39 is 0 Å². The van der Waals surface area contributed by atoms with Crippen LogP contribution in [0.1, 0.15) is 43.1 Å². The van der Waals surface area contributed by atoms with Crippen LogP contribution in [-0.4, -0.2) is 15.9 Å². The Kier molecular flexibility index (Phi) is 7.71. The highest BCUT2D eigenvalue weighted by Gasteiger charge is 2.15. The third kappa shape index (κ3) is 5.52. The molecule has 1 aromatic heterocycles. The van der Waals surface area contributed by atoms with Crippen molar-refractivity contribution in [1.29, 1.82) is 0 Å². The van der Waals surface area contributed by atoms with Gasteiger partial charge in [0, 0.05) is 10.4 Å². The van der Waals surface area contributed by atoms with Crippen LogP contribution in [0.2, 0.25) is 10.0 Å². The normalized spacial score (nSPS) is 12.4. The lowest BCUT2D eigenvalue weighted by Gasteiger charge is -2.14. The predicted molar refractivity (Wildman–Crippen MR) is 143 cm³/mol. The highest BCUT2D eigenvalue weighted by Crippen LogP contribution is 2.24. The minimum absolute atomic E-state index is 0.0683. The molecule has 0 spiro atoms.